The van der Waals surface area contributed by atoms with Crippen molar-refractivity contribution in [2.24, 2.45) is 0 Å². The number of aliphatic carboxylic acids is 3. The molecule has 0 saturated carbocycles. The molecule has 0 aromatic heterocycles. The van der Waals surface area contributed by atoms with Gasteiger partial charge in [0.15, 0.2) is 6.23 Å². The van der Waals surface area contributed by atoms with Crippen molar-refractivity contribution in [1.29, 1.82) is 0 Å². The molecule has 38 heavy (non-hydrogen) atoms. The van der Waals surface area contributed by atoms with E-state index >= 15 is 0 Å². The van der Waals surface area contributed by atoms with Crippen molar-refractivity contribution in [3.05, 3.63) is 34.4 Å². The van der Waals surface area contributed by atoms with Crippen molar-refractivity contribution in [2.45, 2.75) is 31.7 Å². The Kier molecular flexibility index (Phi) is 12.3. The zero-order valence-corrected chi connectivity index (χ0v) is 21.1. The molecule has 0 radical (unpaired) electrons. The van der Waals surface area contributed by atoms with Crippen LogP contribution in [0, 0.1) is 10.1 Å². The molecule has 0 aliphatic carbocycles. The quantitative estimate of drug-likeness (QED) is 0.172. The standard InChI is InChI=1S/C23H35N5O10/c1-16(29)12-19-23(38-18-4-2-17(3-5-18)28(36)37)27(15-22(34)35)11-10-25(13-20(30)31)8-6-24-7-9-26(19)14-21(32)33/h2-5,16,19,23-24,29H,6-15H2,1H3,(H,30,31)(H,32,33)(H,34,35). The van der Waals surface area contributed by atoms with Crippen LogP contribution in [0.25, 0.3) is 0 Å². The molecule has 1 aliphatic rings. The predicted molar refractivity (Wildman–Crippen MR) is 133 cm³/mol. The Morgan fingerprint density at radius 2 is 1.55 bits per heavy atom. The number of rotatable bonds is 11. The van der Waals surface area contributed by atoms with E-state index in [9.17, 15) is 44.9 Å². The summed E-state index contributed by atoms with van der Waals surface area (Å²) in [6.45, 7) is 1.88. The highest BCUT2D eigenvalue weighted by Gasteiger charge is 2.37. The number of carboxylic acid groups (broad SMARTS) is 3. The largest absolute Gasteiger partial charge is 0.480 e. The van der Waals surface area contributed by atoms with Crippen LogP contribution < -0.4 is 10.1 Å². The second-order valence-corrected chi connectivity index (χ2v) is 9.06. The molecule has 2 rings (SSSR count). The molecule has 0 spiro atoms. The highest BCUT2D eigenvalue weighted by atomic mass is 16.6. The minimum Gasteiger partial charge on any atom is -0.480 e. The van der Waals surface area contributed by atoms with E-state index in [0.29, 0.717) is 19.6 Å². The summed E-state index contributed by atoms with van der Waals surface area (Å²) in [5.41, 5.74) is -0.179. The lowest BCUT2D eigenvalue weighted by molar-refractivity contribution is -0.384. The third-order valence-electron chi connectivity index (χ3n) is 5.96. The molecular weight excluding hydrogens is 506 g/mol. The molecule has 212 valence electrons. The first kappa shape index (κ1) is 30.9. The fourth-order valence-corrected chi connectivity index (χ4v) is 4.30. The minimum atomic E-state index is -1.19. The summed E-state index contributed by atoms with van der Waals surface area (Å²) in [7, 11) is 0. The van der Waals surface area contributed by atoms with E-state index in [1.54, 1.807) is 9.80 Å². The molecule has 3 unspecified atom stereocenters. The molecule has 3 atom stereocenters. The summed E-state index contributed by atoms with van der Waals surface area (Å²) in [6, 6.07) is 4.35. The average molecular weight is 542 g/mol. The summed E-state index contributed by atoms with van der Waals surface area (Å²) in [5.74, 6) is -3.18. The molecule has 15 nitrogen and oxygen atoms in total. The molecule has 0 bridgehead atoms. The number of non-ortho nitro benzene ring substituents is 1. The van der Waals surface area contributed by atoms with Crippen LogP contribution in [0.2, 0.25) is 0 Å². The van der Waals surface area contributed by atoms with E-state index in [-0.39, 0.29) is 44.0 Å². The van der Waals surface area contributed by atoms with Crippen molar-refractivity contribution >= 4 is 23.6 Å². The SMILES string of the molecule is CC(O)CC1C(Oc2ccc([N+](=O)[O-])cc2)N(CC(=O)O)CCN(CC(=O)O)CCNCCN1CC(=O)O. The molecule has 1 aliphatic heterocycles. The third-order valence-corrected chi connectivity index (χ3v) is 5.96. The smallest absolute Gasteiger partial charge is 0.317 e. The number of carbonyl (C=O) groups is 3. The number of carboxylic acids is 3. The third kappa shape index (κ3) is 10.5. The van der Waals surface area contributed by atoms with Gasteiger partial charge in [0.25, 0.3) is 5.69 Å². The Morgan fingerprint density at radius 1 is 0.974 bits per heavy atom. The maximum Gasteiger partial charge on any atom is 0.317 e. The van der Waals surface area contributed by atoms with Gasteiger partial charge < -0.3 is 30.5 Å². The van der Waals surface area contributed by atoms with Crippen molar-refractivity contribution in [3.8, 4) is 5.75 Å². The Hall–Kier alpha value is -3.37. The van der Waals surface area contributed by atoms with Crippen LogP contribution in [0.4, 0.5) is 5.69 Å². The number of nitrogens with zero attached hydrogens (tertiary/aromatic N) is 4. The van der Waals surface area contributed by atoms with E-state index < -0.39 is 54.3 Å². The van der Waals surface area contributed by atoms with E-state index in [2.05, 4.69) is 5.32 Å². The number of ether oxygens (including phenoxy) is 1. The molecule has 1 heterocycles. The molecule has 15 heteroatoms. The fourth-order valence-electron chi connectivity index (χ4n) is 4.30. The number of aliphatic hydroxyl groups excluding tert-OH is 1. The Balaban J connectivity index is 2.55. The molecule has 5 N–H and O–H groups in total. The first-order chi connectivity index (χ1) is 18.0. The Morgan fingerprint density at radius 3 is 2.11 bits per heavy atom. The van der Waals surface area contributed by atoms with Crippen LogP contribution in [-0.4, -0.2) is 135 Å². The normalized spacial score (nSPS) is 21.5. The molecule has 1 saturated heterocycles. The summed E-state index contributed by atoms with van der Waals surface area (Å²) < 4.78 is 6.19. The van der Waals surface area contributed by atoms with Crippen LogP contribution in [0.15, 0.2) is 24.3 Å². The monoisotopic (exact) mass is 541 g/mol. The maximum atomic E-state index is 11.9. The second-order valence-electron chi connectivity index (χ2n) is 9.06. The van der Waals surface area contributed by atoms with Crippen molar-refractivity contribution < 1.29 is 44.5 Å². The number of hydrogen-bond acceptors (Lipinski definition) is 11. The van der Waals surface area contributed by atoms with Crippen LogP contribution in [0.3, 0.4) is 0 Å². The van der Waals surface area contributed by atoms with Crippen LogP contribution in [-0.2, 0) is 14.4 Å². The predicted octanol–water partition coefficient (Wildman–Crippen LogP) is -0.798. The Labute approximate surface area is 219 Å². The van der Waals surface area contributed by atoms with Gasteiger partial charge >= 0.3 is 17.9 Å². The lowest BCUT2D eigenvalue weighted by atomic mass is 10.0. The van der Waals surface area contributed by atoms with Crippen LogP contribution in [0.5, 0.6) is 5.75 Å². The van der Waals surface area contributed by atoms with Crippen molar-refractivity contribution in [2.75, 3.05) is 58.9 Å². The zero-order valence-electron chi connectivity index (χ0n) is 21.1. The highest BCUT2D eigenvalue weighted by molar-refractivity contribution is 5.70. The van der Waals surface area contributed by atoms with Gasteiger partial charge in [0.2, 0.25) is 0 Å². The van der Waals surface area contributed by atoms with Gasteiger partial charge in [-0.15, -0.1) is 0 Å². The summed E-state index contributed by atoms with van der Waals surface area (Å²) >= 11 is 0. The Bertz CT molecular complexity index is 945. The number of aliphatic hydroxyl groups is 1. The van der Waals surface area contributed by atoms with Gasteiger partial charge in [-0.3, -0.25) is 39.2 Å². The van der Waals surface area contributed by atoms with Gasteiger partial charge in [-0.1, -0.05) is 0 Å². The number of benzene rings is 1. The van der Waals surface area contributed by atoms with Gasteiger partial charge in [0.1, 0.15) is 5.75 Å². The molecule has 1 fully saturated rings. The van der Waals surface area contributed by atoms with Crippen molar-refractivity contribution in [1.82, 2.24) is 20.0 Å². The van der Waals surface area contributed by atoms with Crippen molar-refractivity contribution in [3.63, 3.8) is 0 Å². The summed E-state index contributed by atoms with van der Waals surface area (Å²) in [5, 5.41) is 53.1. The van der Waals surface area contributed by atoms with Gasteiger partial charge in [-0.25, -0.2) is 0 Å². The molecule has 1 aromatic carbocycles. The first-order valence-electron chi connectivity index (χ1n) is 12.1. The molecular formula is C23H35N5O10. The maximum absolute atomic E-state index is 11.9. The van der Waals surface area contributed by atoms with E-state index in [4.69, 9.17) is 4.74 Å². The van der Waals surface area contributed by atoms with Crippen LogP contribution in [0.1, 0.15) is 13.3 Å². The van der Waals surface area contributed by atoms with E-state index in [0.717, 1.165) is 0 Å². The average Bonchev–Trinajstić information content (AvgIpc) is 2.81. The summed E-state index contributed by atoms with van der Waals surface area (Å²) in [4.78, 5) is 50.2. The lowest BCUT2D eigenvalue weighted by Crippen LogP contribution is -2.60. The van der Waals surface area contributed by atoms with Crippen LogP contribution >= 0.6 is 0 Å². The lowest BCUT2D eigenvalue weighted by Gasteiger charge is -2.42. The molecule has 0 amide bonds. The minimum absolute atomic E-state index is 0.0277. The van der Waals surface area contributed by atoms with Gasteiger partial charge in [0.05, 0.1) is 36.7 Å². The van der Waals surface area contributed by atoms with Gasteiger partial charge in [-0.05, 0) is 25.5 Å². The first-order valence-corrected chi connectivity index (χ1v) is 12.1. The number of nitro groups is 1. The topological polar surface area (TPSA) is 206 Å². The number of nitrogens with one attached hydrogen (secondary N) is 1. The van der Waals surface area contributed by atoms with E-state index in [1.165, 1.54) is 36.1 Å². The molecule has 1 aromatic rings. The fraction of sp³-hybridized carbons (Fsp3) is 0.609. The number of hydrogen-bond donors (Lipinski definition) is 5. The summed E-state index contributed by atoms with van der Waals surface area (Å²) in [6.07, 6.45) is -1.98. The van der Waals surface area contributed by atoms with Gasteiger partial charge in [0, 0.05) is 51.4 Å². The second kappa shape index (κ2) is 15.1. The number of nitro benzene ring substituents is 1. The zero-order chi connectivity index (χ0) is 28.2. The van der Waals surface area contributed by atoms with Gasteiger partial charge in [-0.2, -0.15) is 0 Å². The van der Waals surface area contributed by atoms with E-state index in [1.807, 2.05) is 0 Å². The highest BCUT2D eigenvalue weighted by Crippen LogP contribution is 2.24.